The highest BCUT2D eigenvalue weighted by molar-refractivity contribution is 6.30. The Balaban J connectivity index is 1.47. The molecule has 0 spiro atoms. The first-order chi connectivity index (χ1) is 14.4. The van der Waals surface area contributed by atoms with Crippen molar-refractivity contribution in [2.45, 2.75) is 58.3 Å². The summed E-state index contributed by atoms with van der Waals surface area (Å²) >= 11 is 6.28. The molecule has 1 saturated heterocycles. The zero-order valence-corrected chi connectivity index (χ0v) is 19.0. The van der Waals surface area contributed by atoms with E-state index in [4.69, 9.17) is 16.7 Å². The average Bonchev–Trinajstić information content (AvgIpc) is 2.67. The Morgan fingerprint density at radius 3 is 2.53 bits per heavy atom. The molecule has 1 heterocycles. The maximum absolute atomic E-state index is 10.9. The maximum Gasteiger partial charge on any atom is 0.309 e. The van der Waals surface area contributed by atoms with E-state index in [0.29, 0.717) is 5.92 Å². The van der Waals surface area contributed by atoms with Crippen LogP contribution in [-0.4, -0.2) is 35.6 Å². The van der Waals surface area contributed by atoms with Crippen molar-refractivity contribution >= 4 is 17.6 Å². The molecule has 1 aliphatic rings. The first kappa shape index (κ1) is 22.8. The van der Waals surface area contributed by atoms with E-state index >= 15 is 0 Å². The summed E-state index contributed by atoms with van der Waals surface area (Å²) < 4.78 is 0. The molecule has 0 unspecified atom stereocenters. The van der Waals surface area contributed by atoms with Gasteiger partial charge in [0.1, 0.15) is 0 Å². The van der Waals surface area contributed by atoms with Gasteiger partial charge in [-0.1, -0.05) is 61.2 Å². The van der Waals surface area contributed by atoms with Gasteiger partial charge in [0, 0.05) is 18.1 Å². The van der Waals surface area contributed by atoms with E-state index in [9.17, 15) is 4.79 Å². The number of nitrogens with zero attached hydrogens (tertiary/aromatic N) is 1. The summed E-state index contributed by atoms with van der Waals surface area (Å²) in [6, 6.07) is 15.1. The number of hydrogen-bond donors (Lipinski definition) is 1. The van der Waals surface area contributed by atoms with Crippen LogP contribution in [0.25, 0.3) is 0 Å². The second-order valence-corrected chi connectivity index (χ2v) is 9.31. The van der Waals surface area contributed by atoms with E-state index < -0.39 is 5.97 Å². The van der Waals surface area contributed by atoms with Gasteiger partial charge in [-0.2, -0.15) is 0 Å². The van der Waals surface area contributed by atoms with Crippen LogP contribution in [0, 0.1) is 19.8 Å². The summed E-state index contributed by atoms with van der Waals surface area (Å²) in [7, 11) is 0. The topological polar surface area (TPSA) is 40.5 Å². The zero-order valence-electron chi connectivity index (χ0n) is 18.2. The van der Waals surface area contributed by atoms with Crippen molar-refractivity contribution in [2.24, 2.45) is 5.92 Å². The molecule has 3 rings (SSSR count). The van der Waals surface area contributed by atoms with Crippen LogP contribution in [0.5, 0.6) is 0 Å². The van der Waals surface area contributed by atoms with E-state index in [0.717, 1.165) is 43.9 Å². The van der Waals surface area contributed by atoms with Gasteiger partial charge in [-0.15, -0.1) is 0 Å². The average molecular weight is 428 g/mol. The standard InChI is InChI=1S/C26H34ClNO2/c1-19-11-12-21(14-20(19)2)15-22(23-9-7-10-25(27)16-23)8-5-3-4-6-13-28-17-24(18-28)26(29)30/h7,9-12,14,16,22,24H,3-6,8,13,15,17-18H2,1-2H3,(H,29,30)/t22-/m0/s1. The first-order valence-electron chi connectivity index (χ1n) is 11.2. The van der Waals surface area contributed by atoms with E-state index in [1.807, 2.05) is 6.07 Å². The number of aliphatic carboxylic acids is 1. The molecular weight excluding hydrogens is 394 g/mol. The van der Waals surface area contributed by atoms with Crippen LogP contribution in [-0.2, 0) is 11.2 Å². The second kappa shape index (κ2) is 11.0. The number of benzene rings is 2. The normalized spacial score (nSPS) is 15.7. The Labute approximate surface area is 186 Å². The number of carboxylic acids is 1. The highest BCUT2D eigenvalue weighted by atomic mass is 35.5. The largest absolute Gasteiger partial charge is 0.481 e. The molecule has 1 fully saturated rings. The molecule has 162 valence electrons. The lowest BCUT2D eigenvalue weighted by atomic mass is 9.87. The number of halogens is 1. The quantitative estimate of drug-likeness (QED) is 0.431. The van der Waals surface area contributed by atoms with Crippen molar-refractivity contribution in [3.8, 4) is 0 Å². The summed E-state index contributed by atoms with van der Waals surface area (Å²) in [4.78, 5) is 13.1. The van der Waals surface area contributed by atoms with Crippen molar-refractivity contribution in [3.05, 3.63) is 69.7 Å². The van der Waals surface area contributed by atoms with Crippen LogP contribution in [0.15, 0.2) is 42.5 Å². The molecule has 1 aliphatic heterocycles. The van der Waals surface area contributed by atoms with Gasteiger partial charge in [0.2, 0.25) is 0 Å². The third kappa shape index (κ3) is 6.58. The van der Waals surface area contributed by atoms with E-state index in [1.54, 1.807) is 0 Å². The number of hydrogen-bond acceptors (Lipinski definition) is 2. The number of likely N-dealkylation sites (tertiary alicyclic amines) is 1. The molecule has 0 bridgehead atoms. The van der Waals surface area contributed by atoms with Crippen molar-refractivity contribution < 1.29 is 9.90 Å². The smallest absolute Gasteiger partial charge is 0.309 e. The molecule has 3 nitrogen and oxygen atoms in total. The summed E-state index contributed by atoms with van der Waals surface area (Å²) in [5.41, 5.74) is 5.43. The van der Waals surface area contributed by atoms with Crippen molar-refractivity contribution in [3.63, 3.8) is 0 Å². The van der Waals surface area contributed by atoms with Crippen LogP contribution in [0.3, 0.4) is 0 Å². The fraction of sp³-hybridized carbons (Fsp3) is 0.500. The van der Waals surface area contributed by atoms with Gasteiger partial charge in [0.15, 0.2) is 0 Å². The summed E-state index contributed by atoms with van der Waals surface area (Å²) in [5, 5.41) is 9.77. The van der Waals surface area contributed by atoms with Gasteiger partial charge in [0.25, 0.3) is 0 Å². The zero-order chi connectivity index (χ0) is 21.5. The Morgan fingerprint density at radius 1 is 1.07 bits per heavy atom. The van der Waals surface area contributed by atoms with Gasteiger partial charge in [0.05, 0.1) is 5.92 Å². The minimum atomic E-state index is -0.651. The third-order valence-corrected chi connectivity index (χ3v) is 6.69. The SMILES string of the molecule is Cc1ccc(C[C@H](CCCCCCN2CC(C(=O)O)C2)c2cccc(Cl)c2)cc1C. The van der Waals surface area contributed by atoms with Gasteiger partial charge in [-0.05, 0) is 80.0 Å². The van der Waals surface area contributed by atoms with Gasteiger partial charge in [-0.25, -0.2) is 0 Å². The summed E-state index contributed by atoms with van der Waals surface area (Å²) in [6.07, 6.45) is 7.01. The highest BCUT2D eigenvalue weighted by Gasteiger charge is 2.31. The molecule has 30 heavy (non-hydrogen) atoms. The molecule has 2 aromatic rings. The molecule has 1 atom stereocenters. The third-order valence-electron chi connectivity index (χ3n) is 6.46. The molecule has 0 saturated carbocycles. The maximum atomic E-state index is 10.9. The molecular formula is C26H34ClNO2. The second-order valence-electron chi connectivity index (χ2n) is 8.87. The molecule has 1 N–H and O–H groups in total. The summed E-state index contributed by atoms with van der Waals surface area (Å²) in [6.45, 7) is 6.83. The number of carboxylic acid groups (broad SMARTS) is 1. The molecule has 0 aromatic heterocycles. The fourth-order valence-electron chi connectivity index (χ4n) is 4.35. The number of aryl methyl sites for hydroxylation is 2. The Hall–Kier alpha value is -1.84. The van der Waals surface area contributed by atoms with Crippen LogP contribution in [0.1, 0.15) is 60.3 Å². The van der Waals surface area contributed by atoms with Crippen LogP contribution in [0.2, 0.25) is 5.02 Å². The summed E-state index contributed by atoms with van der Waals surface area (Å²) in [5.74, 6) is -0.312. The fourth-order valence-corrected chi connectivity index (χ4v) is 4.55. The first-order valence-corrected chi connectivity index (χ1v) is 11.6. The van der Waals surface area contributed by atoms with Crippen LogP contribution in [0.4, 0.5) is 0 Å². The minimum absolute atomic E-state index is 0.145. The molecule has 0 radical (unpaired) electrons. The van der Waals surface area contributed by atoms with Crippen LogP contribution < -0.4 is 0 Å². The Morgan fingerprint density at radius 2 is 1.83 bits per heavy atom. The monoisotopic (exact) mass is 427 g/mol. The number of rotatable bonds is 11. The number of carbonyl (C=O) groups is 1. The van der Waals surface area contributed by atoms with Crippen LogP contribution >= 0.6 is 11.6 Å². The van der Waals surface area contributed by atoms with Gasteiger partial charge in [-0.3, -0.25) is 4.79 Å². The number of unbranched alkanes of at least 4 members (excludes halogenated alkanes) is 3. The van der Waals surface area contributed by atoms with Gasteiger partial charge < -0.3 is 10.0 Å². The highest BCUT2D eigenvalue weighted by Crippen LogP contribution is 2.29. The van der Waals surface area contributed by atoms with E-state index in [2.05, 4.69) is 55.1 Å². The van der Waals surface area contributed by atoms with Crippen molar-refractivity contribution in [1.29, 1.82) is 0 Å². The molecule has 2 aromatic carbocycles. The Bertz CT molecular complexity index is 845. The molecule has 4 heteroatoms. The van der Waals surface area contributed by atoms with Gasteiger partial charge >= 0.3 is 5.97 Å². The molecule has 0 aliphatic carbocycles. The Kier molecular flexibility index (Phi) is 8.35. The minimum Gasteiger partial charge on any atom is -0.481 e. The van der Waals surface area contributed by atoms with E-state index in [1.165, 1.54) is 41.5 Å². The lowest BCUT2D eigenvalue weighted by Crippen LogP contribution is -2.50. The van der Waals surface area contributed by atoms with Crippen molar-refractivity contribution in [2.75, 3.05) is 19.6 Å². The lowest BCUT2D eigenvalue weighted by Gasteiger charge is -2.36. The lowest BCUT2D eigenvalue weighted by molar-refractivity contribution is -0.147. The predicted octanol–water partition coefficient (Wildman–Crippen LogP) is 6.25. The molecule has 0 amide bonds. The van der Waals surface area contributed by atoms with Crippen molar-refractivity contribution in [1.82, 2.24) is 4.90 Å². The van der Waals surface area contributed by atoms with E-state index in [-0.39, 0.29) is 5.92 Å². The predicted molar refractivity (Wildman–Crippen MR) is 124 cm³/mol.